The minimum Gasteiger partial charge on any atom is -0.480 e. The van der Waals surface area contributed by atoms with Crippen LogP contribution in [0, 0.1) is 0 Å². The Balaban J connectivity index is 4.27. The molecule has 1 unspecified atom stereocenters. The zero-order chi connectivity index (χ0) is 10.5. The molecule has 1 atom stereocenters. The summed E-state index contributed by atoms with van der Waals surface area (Å²) in [6.45, 7) is 2.69. The molecule has 0 saturated heterocycles. The number of carbonyl (C=O) groups is 1. The monoisotopic (exact) mass is 191 g/mol. The molecule has 4 N–H and O–H groups in total. The van der Waals surface area contributed by atoms with E-state index in [4.69, 9.17) is 15.3 Å². The van der Waals surface area contributed by atoms with E-state index in [1.807, 2.05) is 0 Å². The summed E-state index contributed by atoms with van der Waals surface area (Å²) in [4.78, 5) is 10.6. The summed E-state index contributed by atoms with van der Waals surface area (Å²) in [6.07, 6.45) is 0.408. The zero-order valence-electron chi connectivity index (χ0n) is 7.95. The first-order valence-corrected chi connectivity index (χ1v) is 4.21. The molecule has 5 nitrogen and oxygen atoms in total. The van der Waals surface area contributed by atoms with Gasteiger partial charge in [-0.3, -0.25) is 10.1 Å². The lowest BCUT2D eigenvalue weighted by atomic mass is 10.0. The smallest absolute Gasteiger partial charge is 0.320 e. The Morgan fingerprint density at radius 2 is 1.92 bits per heavy atom. The van der Waals surface area contributed by atoms with Crippen LogP contribution < -0.4 is 5.32 Å². The largest absolute Gasteiger partial charge is 0.480 e. The van der Waals surface area contributed by atoms with Crippen LogP contribution in [0.4, 0.5) is 0 Å². The highest BCUT2D eigenvalue weighted by Crippen LogP contribution is 2.04. The average molecular weight is 191 g/mol. The molecule has 0 fully saturated rings. The number of hydrogen-bond acceptors (Lipinski definition) is 4. The van der Waals surface area contributed by atoms with Crippen molar-refractivity contribution in [1.29, 1.82) is 0 Å². The van der Waals surface area contributed by atoms with Crippen molar-refractivity contribution in [3.05, 3.63) is 0 Å². The van der Waals surface area contributed by atoms with Gasteiger partial charge < -0.3 is 15.3 Å². The molecule has 0 bridgehead atoms. The summed E-state index contributed by atoms with van der Waals surface area (Å²) in [7, 11) is 0. The molecule has 0 saturated carbocycles. The van der Waals surface area contributed by atoms with Crippen molar-refractivity contribution < 1.29 is 20.1 Å². The number of aliphatic hydroxyl groups is 2. The highest BCUT2D eigenvalue weighted by Gasteiger charge is 2.28. The third-order valence-electron chi connectivity index (χ3n) is 1.93. The lowest BCUT2D eigenvalue weighted by molar-refractivity contribution is -0.140. The molecule has 78 valence electrons. The van der Waals surface area contributed by atoms with Gasteiger partial charge in [-0.15, -0.1) is 0 Å². The zero-order valence-corrected chi connectivity index (χ0v) is 7.95. The van der Waals surface area contributed by atoms with E-state index in [2.05, 4.69) is 5.32 Å². The quantitative estimate of drug-likeness (QED) is 0.440. The van der Waals surface area contributed by atoms with E-state index in [1.54, 1.807) is 13.8 Å². The minimum atomic E-state index is -0.976. The second-order valence-corrected chi connectivity index (χ2v) is 3.32. The molecule has 0 aliphatic carbocycles. The van der Waals surface area contributed by atoms with Crippen LogP contribution in [0.5, 0.6) is 0 Å². The molecule has 0 aromatic heterocycles. The van der Waals surface area contributed by atoms with Crippen LogP contribution in [-0.2, 0) is 4.79 Å². The third-order valence-corrected chi connectivity index (χ3v) is 1.93. The maximum absolute atomic E-state index is 10.6. The summed E-state index contributed by atoms with van der Waals surface area (Å²) in [5.74, 6) is -0.976. The number of rotatable bonds is 6. The normalized spacial score (nSPS) is 14.2. The molecule has 0 radical (unpaired) electrons. The van der Waals surface area contributed by atoms with Crippen LogP contribution in [0.25, 0.3) is 0 Å². The number of aliphatic carboxylic acids is 1. The predicted molar refractivity (Wildman–Crippen MR) is 47.4 cm³/mol. The van der Waals surface area contributed by atoms with Crippen molar-refractivity contribution >= 4 is 5.97 Å². The van der Waals surface area contributed by atoms with E-state index in [0.717, 1.165) is 0 Å². The Kier molecular flexibility index (Phi) is 4.90. The summed E-state index contributed by atoms with van der Waals surface area (Å²) in [5.41, 5.74) is -0.931. The van der Waals surface area contributed by atoms with Crippen molar-refractivity contribution in [2.75, 3.05) is 13.2 Å². The van der Waals surface area contributed by atoms with Crippen molar-refractivity contribution in [1.82, 2.24) is 5.32 Å². The fraction of sp³-hybridized carbons (Fsp3) is 0.875. The van der Waals surface area contributed by atoms with Crippen LogP contribution in [0.3, 0.4) is 0 Å². The maximum atomic E-state index is 10.6. The van der Waals surface area contributed by atoms with Gasteiger partial charge in [-0.1, -0.05) is 6.92 Å². The predicted octanol–water partition coefficient (Wildman–Crippen LogP) is -0.817. The summed E-state index contributed by atoms with van der Waals surface area (Å²) < 4.78 is 0. The van der Waals surface area contributed by atoms with Crippen LogP contribution in [0.2, 0.25) is 0 Å². The van der Waals surface area contributed by atoms with E-state index >= 15 is 0 Å². The summed E-state index contributed by atoms with van der Waals surface area (Å²) in [6, 6.07) is -0.732. The van der Waals surface area contributed by atoms with Gasteiger partial charge in [0, 0.05) is 0 Å². The highest BCUT2D eigenvalue weighted by molar-refractivity contribution is 5.73. The second kappa shape index (κ2) is 5.16. The molecule has 0 heterocycles. The molecular weight excluding hydrogens is 174 g/mol. The third kappa shape index (κ3) is 3.71. The molecule has 0 aliphatic rings. The molecule has 0 aromatic carbocycles. The molecular formula is C8H17NO4. The van der Waals surface area contributed by atoms with E-state index in [1.165, 1.54) is 0 Å². The minimum absolute atomic E-state index is 0.298. The van der Waals surface area contributed by atoms with Crippen LogP contribution in [-0.4, -0.2) is 46.1 Å². The Hall–Kier alpha value is -0.650. The van der Waals surface area contributed by atoms with Crippen molar-refractivity contribution in [3.63, 3.8) is 0 Å². The van der Waals surface area contributed by atoms with Crippen molar-refractivity contribution in [2.24, 2.45) is 0 Å². The van der Waals surface area contributed by atoms with Gasteiger partial charge in [0.25, 0.3) is 0 Å². The van der Waals surface area contributed by atoms with Gasteiger partial charge in [0.05, 0.1) is 18.8 Å². The lowest BCUT2D eigenvalue weighted by Crippen LogP contribution is -2.55. The number of carboxylic acids is 1. The van der Waals surface area contributed by atoms with Crippen LogP contribution in [0.15, 0.2) is 0 Å². The topological polar surface area (TPSA) is 89.8 Å². The van der Waals surface area contributed by atoms with E-state index in [0.29, 0.717) is 6.42 Å². The number of aliphatic hydroxyl groups excluding tert-OH is 2. The first kappa shape index (κ1) is 12.3. The molecule has 0 aliphatic heterocycles. The summed E-state index contributed by atoms with van der Waals surface area (Å²) >= 11 is 0. The fourth-order valence-electron chi connectivity index (χ4n) is 0.900. The van der Waals surface area contributed by atoms with Gasteiger partial charge >= 0.3 is 5.97 Å². The summed E-state index contributed by atoms with van der Waals surface area (Å²) in [5, 5.41) is 29.2. The Morgan fingerprint density at radius 3 is 2.15 bits per heavy atom. The average Bonchev–Trinajstić information content (AvgIpc) is 2.13. The standard InChI is InChI=1S/C8H17NO4/c1-3-6(7(12)13)9-8(2,4-10)5-11/h6,9-11H,3-5H2,1-2H3,(H,12,13). The van der Waals surface area contributed by atoms with Gasteiger partial charge in [-0.2, -0.15) is 0 Å². The van der Waals surface area contributed by atoms with E-state index < -0.39 is 17.6 Å². The molecule has 0 aromatic rings. The van der Waals surface area contributed by atoms with Gasteiger partial charge in [-0.05, 0) is 13.3 Å². The highest BCUT2D eigenvalue weighted by atomic mass is 16.4. The fourth-order valence-corrected chi connectivity index (χ4v) is 0.900. The molecule has 0 spiro atoms. The lowest BCUT2D eigenvalue weighted by Gasteiger charge is -2.29. The molecule has 0 rings (SSSR count). The van der Waals surface area contributed by atoms with Crippen molar-refractivity contribution in [3.8, 4) is 0 Å². The first-order chi connectivity index (χ1) is 5.99. The first-order valence-electron chi connectivity index (χ1n) is 4.21. The van der Waals surface area contributed by atoms with Gasteiger partial charge in [0.2, 0.25) is 0 Å². The van der Waals surface area contributed by atoms with E-state index in [-0.39, 0.29) is 13.2 Å². The number of hydrogen-bond donors (Lipinski definition) is 4. The van der Waals surface area contributed by atoms with Crippen molar-refractivity contribution in [2.45, 2.75) is 31.8 Å². The Labute approximate surface area is 77.4 Å². The molecule has 13 heavy (non-hydrogen) atoms. The SMILES string of the molecule is CCC(NC(C)(CO)CO)C(=O)O. The van der Waals surface area contributed by atoms with Gasteiger partial charge in [-0.25, -0.2) is 0 Å². The second-order valence-electron chi connectivity index (χ2n) is 3.32. The van der Waals surface area contributed by atoms with Gasteiger partial charge in [0.1, 0.15) is 6.04 Å². The molecule has 0 amide bonds. The van der Waals surface area contributed by atoms with Crippen LogP contribution in [0.1, 0.15) is 20.3 Å². The number of carboxylic acid groups (broad SMARTS) is 1. The Bertz CT molecular complexity index is 168. The maximum Gasteiger partial charge on any atom is 0.320 e. The number of nitrogens with one attached hydrogen (secondary N) is 1. The molecule has 5 heteroatoms. The van der Waals surface area contributed by atoms with Gasteiger partial charge in [0.15, 0.2) is 0 Å². The van der Waals surface area contributed by atoms with Crippen LogP contribution >= 0.6 is 0 Å². The Morgan fingerprint density at radius 1 is 1.46 bits per heavy atom. The van der Waals surface area contributed by atoms with E-state index in [9.17, 15) is 4.79 Å².